The normalized spacial score (nSPS) is 9.00. The fourth-order valence-corrected chi connectivity index (χ4v) is 0.497. The van der Waals surface area contributed by atoms with E-state index in [1.54, 1.807) is 0 Å². The van der Waals surface area contributed by atoms with Crippen LogP contribution in [-0.4, -0.2) is 20.3 Å². The van der Waals surface area contributed by atoms with Crippen LogP contribution in [-0.2, 0) is 13.2 Å². The predicted octanol–water partition coefficient (Wildman–Crippen LogP) is -0.823. The molecule has 0 unspecified atom stereocenters. The topological polar surface area (TPSA) is 87.8 Å². The third-order valence-corrected chi connectivity index (χ3v) is 0.910. The number of nitrogens with one attached hydrogen (secondary N) is 1. The number of nitrogens with two attached hydrogens (primary N) is 1. The average molecular weight is 165 g/mol. The smallest absolute Gasteiger partial charge is 0.164 e. The highest BCUT2D eigenvalue weighted by Crippen LogP contribution is 1.88. The zero-order valence-electron chi connectivity index (χ0n) is 5.24. The van der Waals surface area contributed by atoms with Gasteiger partial charge in [0.2, 0.25) is 0 Å². The number of hydrogen-bond donors (Lipinski definition) is 3. The van der Waals surface area contributed by atoms with Gasteiger partial charge in [0.25, 0.3) is 0 Å². The molecule has 0 radical (unpaired) electrons. The van der Waals surface area contributed by atoms with Crippen molar-refractivity contribution in [1.82, 2.24) is 15.2 Å². The van der Waals surface area contributed by atoms with E-state index in [0.717, 1.165) is 0 Å². The quantitative estimate of drug-likeness (QED) is 0.533. The van der Waals surface area contributed by atoms with Gasteiger partial charge in [-0.2, -0.15) is 5.10 Å². The van der Waals surface area contributed by atoms with E-state index in [2.05, 4.69) is 15.2 Å². The summed E-state index contributed by atoms with van der Waals surface area (Å²) in [5.41, 5.74) is 5.19. The molecule has 0 aromatic carbocycles. The van der Waals surface area contributed by atoms with Gasteiger partial charge in [0, 0.05) is 0 Å². The second-order valence-corrected chi connectivity index (χ2v) is 1.56. The molecule has 10 heavy (non-hydrogen) atoms. The number of rotatable bonds is 2. The number of aliphatic hydroxyl groups excluding tert-OH is 1. The van der Waals surface area contributed by atoms with Gasteiger partial charge in [-0.3, -0.25) is 5.10 Å². The molecule has 0 aliphatic carbocycles. The standard InChI is InChI=1S/C4H8N4O.ClH/c5-1-3-6-4(2-9)8-7-3;/h9H,1-2,5H2,(H,6,7,8);1H. The third kappa shape index (κ3) is 1.94. The molecule has 0 fully saturated rings. The first-order valence-corrected chi connectivity index (χ1v) is 2.58. The Labute approximate surface area is 64.1 Å². The van der Waals surface area contributed by atoms with E-state index in [-0.39, 0.29) is 19.0 Å². The summed E-state index contributed by atoms with van der Waals surface area (Å²) in [6.45, 7) is 0.184. The highest BCUT2D eigenvalue weighted by molar-refractivity contribution is 5.85. The Morgan fingerprint density at radius 3 is 2.60 bits per heavy atom. The van der Waals surface area contributed by atoms with Crippen molar-refractivity contribution in [3.8, 4) is 0 Å². The minimum absolute atomic E-state index is 0. The summed E-state index contributed by atoms with van der Waals surface area (Å²) >= 11 is 0. The van der Waals surface area contributed by atoms with Crippen LogP contribution in [0.5, 0.6) is 0 Å². The summed E-state index contributed by atoms with van der Waals surface area (Å²) in [5.74, 6) is 0.981. The van der Waals surface area contributed by atoms with E-state index in [9.17, 15) is 0 Å². The number of hydrogen-bond acceptors (Lipinski definition) is 4. The third-order valence-electron chi connectivity index (χ3n) is 0.910. The van der Waals surface area contributed by atoms with Crippen molar-refractivity contribution in [3.05, 3.63) is 11.6 Å². The zero-order valence-corrected chi connectivity index (χ0v) is 6.06. The number of aliphatic hydroxyl groups is 1. The lowest BCUT2D eigenvalue weighted by atomic mass is 10.6. The molecule has 0 atom stereocenters. The van der Waals surface area contributed by atoms with Crippen LogP contribution in [0.2, 0.25) is 0 Å². The Morgan fingerprint density at radius 2 is 2.30 bits per heavy atom. The lowest BCUT2D eigenvalue weighted by molar-refractivity contribution is 0.271. The van der Waals surface area contributed by atoms with Gasteiger partial charge in [0.15, 0.2) is 5.82 Å². The molecule has 0 aliphatic heterocycles. The van der Waals surface area contributed by atoms with E-state index in [1.165, 1.54) is 0 Å². The largest absolute Gasteiger partial charge is 0.388 e. The number of H-pyrrole nitrogens is 1. The molecule has 58 valence electrons. The molecular formula is C4H9ClN4O. The predicted molar refractivity (Wildman–Crippen MR) is 37.4 cm³/mol. The molecule has 1 rings (SSSR count). The monoisotopic (exact) mass is 164 g/mol. The van der Waals surface area contributed by atoms with Gasteiger partial charge in [-0.05, 0) is 0 Å². The lowest BCUT2D eigenvalue weighted by Gasteiger charge is -1.80. The van der Waals surface area contributed by atoms with Gasteiger partial charge >= 0.3 is 0 Å². The second kappa shape index (κ2) is 4.21. The molecular weight excluding hydrogens is 156 g/mol. The van der Waals surface area contributed by atoms with Crippen molar-refractivity contribution < 1.29 is 5.11 Å². The highest BCUT2D eigenvalue weighted by atomic mass is 35.5. The Kier molecular flexibility index (Phi) is 3.94. The van der Waals surface area contributed by atoms with Gasteiger partial charge in [-0.25, -0.2) is 4.98 Å². The van der Waals surface area contributed by atoms with Crippen LogP contribution in [0.25, 0.3) is 0 Å². The maximum atomic E-state index is 8.47. The first-order chi connectivity index (χ1) is 4.36. The van der Waals surface area contributed by atoms with Crippen molar-refractivity contribution in [2.24, 2.45) is 5.73 Å². The molecule has 0 spiro atoms. The molecule has 0 saturated carbocycles. The minimum Gasteiger partial charge on any atom is -0.388 e. The van der Waals surface area contributed by atoms with Crippen molar-refractivity contribution in [3.63, 3.8) is 0 Å². The number of halogens is 1. The maximum absolute atomic E-state index is 8.47. The molecule has 1 aromatic rings. The fourth-order valence-electron chi connectivity index (χ4n) is 0.497. The zero-order chi connectivity index (χ0) is 6.69. The molecule has 6 heteroatoms. The maximum Gasteiger partial charge on any atom is 0.164 e. The molecule has 4 N–H and O–H groups in total. The highest BCUT2D eigenvalue weighted by Gasteiger charge is 1.96. The summed E-state index contributed by atoms with van der Waals surface area (Å²) < 4.78 is 0. The van der Waals surface area contributed by atoms with Crippen LogP contribution in [0.1, 0.15) is 11.6 Å². The van der Waals surface area contributed by atoms with Gasteiger partial charge in [-0.15, -0.1) is 12.4 Å². The van der Waals surface area contributed by atoms with E-state index in [1.807, 2.05) is 0 Å². The van der Waals surface area contributed by atoms with Crippen molar-refractivity contribution in [2.75, 3.05) is 0 Å². The van der Waals surface area contributed by atoms with Crippen LogP contribution < -0.4 is 5.73 Å². The van der Waals surface area contributed by atoms with Gasteiger partial charge < -0.3 is 10.8 Å². The summed E-state index contributed by atoms with van der Waals surface area (Å²) in [4.78, 5) is 3.81. The number of aromatic amines is 1. The fraction of sp³-hybridized carbons (Fsp3) is 0.500. The molecule has 0 bridgehead atoms. The number of aromatic nitrogens is 3. The Balaban J connectivity index is 0.000000810. The van der Waals surface area contributed by atoms with Crippen molar-refractivity contribution >= 4 is 12.4 Å². The van der Waals surface area contributed by atoms with Crippen LogP contribution >= 0.6 is 12.4 Å². The van der Waals surface area contributed by atoms with E-state index < -0.39 is 0 Å². The molecule has 0 saturated heterocycles. The Hall–Kier alpha value is -0.650. The SMILES string of the molecule is Cl.NCc1n[nH]c(CO)n1. The summed E-state index contributed by atoms with van der Waals surface area (Å²) in [7, 11) is 0. The van der Waals surface area contributed by atoms with Crippen molar-refractivity contribution in [1.29, 1.82) is 0 Å². The van der Waals surface area contributed by atoms with Crippen LogP contribution in [0.15, 0.2) is 0 Å². The van der Waals surface area contributed by atoms with E-state index >= 15 is 0 Å². The lowest BCUT2D eigenvalue weighted by Crippen LogP contribution is -1.98. The summed E-state index contributed by atoms with van der Waals surface area (Å²) in [6, 6.07) is 0. The van der Waals surface area contributed by atoms with Crippen molar-refractivity contribution in [2.45, 2.75) is 13.2 Å². The van der Waals surface area contributed by atoms with Crippen LogP contribution in [0.3, 0.4) is 0 Å². The molecule has 0 aliphatic rings. The van der Waals surface area contributed by atoms with Gasteiger partial charge in [0.05, 0.1) is 6.54 Å². The minimum atomic E-state index is -0.118. The number of nitrogens with zero attached hydrogens (tertiary/aromatic N) is 2. The van der Waals surface area contributed by atoms with Gasteiger partial charge in [0.1, 0.15) is 12.4 Å². The first kappa shape index (κ1) is 9.35. The van der Waals surface area contributed by atoms with E-state index in [4.69, 9.17) is 10.8 Å². The average Bonchev–Trinajstić information content (AvgIpc) is 2.34. The molecule has 1 heterocycles. The summed E-state index contributed by atoms with van der Waals surface area (Å²) in [6.07, 6.45) is 0. The Bertz CT molecular complexity index is 171. The molecule has 5 nitrogen and oxygen atoms in total. The van der Waals surface area contributed by atoms with Gasteiger partial charge in [-0.1, -0.05) is 0 Å². The molecule has 1 aromatic heterocycles. The van der Waals surface area contributed by atoms with Crippen LogP contribution in [0.4, 0.5) is 0 Å². The second-order valence-electron chi connectivity index (χ2n) is 1.56. The first-order valence-electron chi connectivity index (χ1n) is 2.58. The molecule has 0 amide bonds. The Morgan fingerprint density at radius 1 is 1.60 bits per heavy atom. The van der Waals surface area contributed by atoms with Crippen LogP contribution in [0, 0.1) is 0 Å². The summed E-state index contributed by atoms with van der Waals surface area (Å²) in [5, 5.41) is 14.7. The van der Waals surface area contributed by atoms with E-state index in [0.29, 0.717) is 18.2 Å².